The quantitative estimate of drug-likeness (QED) is 0.511. The van der Waals surface area contributed by atoms with Crippen LogP contribution in [-0.2, 0) is 11.2 Å². The van der Waals surface area contributed by atoms with Gasteiger partial charge in [0.05, 0.1) is 18.2 Å². The Labute approximate surface area is 205 Å². The van der Waals surface area contributed by atoms with E-state index >= 15 is 0 Å². The molecule has 0 bridgehead atoms. The van der Waals surface area contributed by atoms with Crippen LogP contribution in [0.5, 0.6) is 0 Å². The van der Waals surface area contributed by atoms with Gasteiger partial charge in [-0.1, -0.05) is 18.2 Å². The van der Waals surface area contributed by atoms with Crippen LogP contribution in [0, 0.1) is 0 Å². The Kier molecular flexibility index (Phi) is 7.18. The number of rotatable bonds is 8. The van der Waals surface area contributed by atoms with Crippen LogP contribution in [-0.4, -0.2) is 58.9 Å². The van der Waals surface area contributed by atoms with Gasteiger partial charge < -0.3 is 20.9 Å². The minimum absolute atomic E-state index is 0.0142. The number of aromatic nitrogens is 2. The molecule has 3 heterocycles. The molecule has 0 radical (unpaired) electrons. The lowest BCUT2D eigenvalue weighted by Gasteiger charge is -2.20. The van der Waals surface area contributed by atoms with Crippen molar-refractivity contribution in [3.05, 3.63) is 65.5 Å². The molecule has 8 heteroatoms. The Bertz CT molecular complexity index is 1130. The molecule has 2 amide bonds. The lowest BCUT2D eigenvalue weighted by molar-refractivity contribution is -0.120. The number of hydrogen-bond donors (Lipinski definition) is 3. The maximum Gasteiger partial charge on any atom is 0.251 e. The van der Waals surface area contributed by atoms with Crippen molar-refractivity contribution in [3.8, 4) is 0 Å². The van der Waals surface area contributed by atoms with Crippen LogP contribution in [0.15, 0.2) is 48.7 Å². The highest BCUT2D eigenvalue weighted by Gasteiger charge is 2.27. The van der Waals surface area contributed by atoms with Gasteiger partial charge >= 0.3 is 0 Å². The van der Waals surface area contributed by atoms with E-state index in [4.69, 9.17) is 4.98 Å². The Hall–Kier alpha value is -3.52. The number of anilines is 2. The number of nitrogens with zero attached hydrogens (tertiary/aromatic N) is 3. The van der Waals surface area contributed by atoms with Gasteiger partial charge in [0.15, 0.2) is 0 Å². The van der Waals surface area contributed by atoms with Crippen molar-refractivity contribution in [3.63, 3.8) is 0 Å². The highest BCUT2D eigenvalue weighted by atomic mass is 16.2. The molecule has 1 atom stereocenters. The number of fused-ring (bicyclic) bond motifs is 3. The number of benzene rings is 1. The molecule has 2 aliphatic heterocycles. The average molecular weight is 473 g/mol. The summed E-state index contributed by atoms with van der Waals surface area (Å²) in [6.07, 6.45) is 13.5. The Morgan fingerprint density at radius 1 is 1.14 bits per heavy atom. The molecule has 1 aliphatic carbocycles. The fraction of sp³-hybridized carbons (Fsp3) is 0.407. The molecule has 3 N–H and O–H groups in total. The molecule has 3 aliphatic rings. The first-order valence-electron chi connectivity index (χ1n) is 12.6. The molecule has 1 aromatic heterocycles. The molecule has 8 nitrogen and oxygen atoms in total. The van der Waals surface area contributed by atoms with Gasteiger partial charge in [0, 0.05) is 35.1 Å². The Balaban J connectivity index is 1.17. The van der Waals surface area contributed by atoms with E-state index in [1.165, 1.54) is 25.9 Å². The number of likely N-dealkylation sites (tertiary alicyclic amines) is 1. The van der Waals surface area contributed by atoms with Gasteiger partial charge in [-0.3, -0.25) is 9.59 Å². The molecule has 0 saturated carbocycles. The third-order valence-electron chi connectivity index (χ3n) is 6.77. The number of hydrogen-bond acceptors (Lipinski definition) is 6. The highest BCUT2D eigenvalue weighted by Crippen LogP contribution is 2.29. The lowest BCUT2D eigenvalue weighted by atomic mass is 9.95. The minimum Gasteiger partial charge on any atom is -0.352 e. The Morgan fingerprint density at radius 3 is 2.80 bits per heavy atom. The van der Waals surface area contributed by atoms with Crippen LogP contribution in [0.4, 0.5) is 11.6 Å². The smallest absolute Gasteiger partial charge is 0.251 e. The van der Waals surface area contributed by atoms with Crippen LogP contribution in [0.3, 0.4) is 0 Å². The van der Waals surface area contributed by atoms with E-state index < -0.39 is 0 Å². The van der Waals surface area contributed by atoms with Gasteiger partial charge in [0.25, 0.3) is 5.91 Å². The normalized spacial score (nSPS) is 19.3. The molecule has 1 saturated heterocycles. The van der Waals surface area contributed by atoms with E-state index in [2.05, 4.69) is 25.8 Å². The van der Waals surface area contributed by atoms with Crippen LogP contribution in [0.25, 0.3) is 5.57 Å². The van der Waals surface area contributed by atoms with E-state index in [-0.39, 0.29) is 24.3 Å². The van der Waals surface area contributed by atoms with Crippen molar-refractivity contribution in [1.82, 2.24) is 25.5 Å². The summed E-state index contributed by atoms with van der Waals surface area (Å²) in [6, 6.07) is 7.26. The summed E-state index contributed by atoms with van der Waals surface area (Å²) in [5, 5.41) is 9.30. The van der Waals surface area contributed by atoms with E-state index in [1.54, 1.807) is 18.3 Å². The first-order chi connectivity index (χ1) is 17.2. The zero-order valence-electron chi connectivity index (χ0n) is 19.9. The summed E-state index contributed by atoms with van der Waals surface area (Å²) >= 11 is 0. The van der Waals surface area contributed by atoms with Gasteiger partial charge in [-0.05, 0) is 76.0 Å². The van der Waals surface area contributed by atoms with E-state index in [0.29, 0.717) is 18.1 Å². The van der Waals surface area contributed by atoms with Crippen LogP contribution in [0.2, 0.25) is 0 Å². The number of carbonyl (C=O) groups excluding carboxylic acids is 2. The zero-order chi connectivity index (χ0) is 24.0. The second-order valence-corrected chi connectivity index (χ2v) is 9.36. The number of amides is 2. The maximum absolute atomic E-state index is 12.5. The maximum atomic E-state index is 12.5. The molecule has 5 rings (SSSR count). The first kappa shape index (κ1) is 23.2. The molecule has 1 fully saturated rings. The largest absolute Gasteiger partial charge is 0.352 e. The summed E-state index contributed by atoms with van der Waals surface area (Å²) in [4.78, 5) is 36.4. The summed E-state index contributed by atoms with van der Waals surface area (Å²) in [5.74, 6) is 0.390. The monoisotopic (exact) mass is 472 g/mol. The summed E-state index contributed by atoms with van der Waals surface area (Å²) in [5.41, 5.74) is 4.06. The second-order valence-electron chi connectivity index (χ2n) is 9.36. The van der Waals surface area contributed by atoms with E-state index in [1.807, 2.05) is 30.4 Å². The molecular weight excluding hydrogens is 440 g/mol. The fourth-order valence-electron chi connectivity index (χ4n) is 4.88. The van der Waals surface area contributed by atoms with Crippen molar-refractivity contribution in [2.24, 2.45) is 0 Å². The van der Waals surface area contributed by atoms with Crippen LogP contribution >= 0.6 is 0 Å². The lowest BCUT2D eigenvalue weighted by Crippen LogP contribution is -2.34. The predicted octanol–water partition coefficient (Wildman–Crippen LogP) is 3.21. The first-order valence-corrected chi connectivity index (χ1v) is 12.6. The second kappa shape index (κ2) is 10.8. The third kappa shape index (κ3) is 5.77. The van der Waals surface area contributed by atoms with E-state index in [0.717, 1.165) is 48.3 Å². The van der Waals surface area contributed by atoms with Gasteiger partial charge in [0.2, 0.25) is 11.9 Å². The van der Waals surface area contributed by atoms with Gasteiger partial charge in [0.1, 0.15) is 0 Å². The molecule has 1 unspecified atom stereocenters. The topological polar surface area (TPSA) is 99.2 Å². The van der Waals surface area contributed by atoms with Crippen molar-refractivity contribution in [2.75, 3.05) is 31.5 Å². The number of carbonyl (C=O) groups is 2. The fourth-order valence-corrected chi connectivity index (χ4v) is 4.88. The number of unbranched alkanes of at least 4 members (excludes halogenated alkanes) is 1. The van der Waals surface area contributed by atoms with Crippen molar-refractivity contribution >= 4 is 29.0 Å². The number of allylic oxidation sites excluding steroid dienone is 2. The summed E-state index contributed by atoms with van der Waals surface area (Å²) < 4.78 is 0. The predicted molar refractivity (Wildman–Crippen MR) is 136 cm³/mol. The average Bonchev–Trinajstić information content (AvgIpc) is 3.34. The number of nitrogens with one attached hydrogen (secondary N) is 3. The molecule has 0 spiro atoms. The highest BCUT2D eigenvalue weighted by molar-refractivity contribution is 5.94. The summed E-state index contributed by atoms with van der Waals surface area (Å²) in [7, 11) is 0. The van der Waals surface area contributed by atoms with Gasteiger partial charge in [-0.25, -0.2) is 9.97 Å². The molecule has 182 valence electrons. The standard InChI is InChI=1S/C27H32N6O2/c34-24-17-20-18-29-27(32-25(20)22-7-1-2-8-23(22)31-24)30-21-11-9-19(10-12-21)26(35)28-13-3-4-14-33-15-5-6-16-33/h1-2,7,9-12,18,23H,3-6,8,13-17H2,(H,28,35)(H,31,34)(H,29,30,32). The SMILES string of the molecule is O=C1Cc2cnc(Nc3ccc(C(=O)NCCCCN4CCCC4)cc3)nc2C2=CC=CCC2N1. The molecule has 35 heavy (non-hydrogen) atoms. The van der Waals surface area contributed by atoms with E-state index in [9.17, 15) is 9.59 Å². The van der Waals surface area contributed by atoms with Crippen LogP contribution < -0.4 is 16.0 Å². The Morgan fingerprint density at radius 2 is 1.97 bits per heavy atom. The zero-order valence-corrected chi connectivity index (χ0v) is 19.9. The van der Waals surface area contributed by atoms with Crippen molar-refractivity contribution in [1.29, 1.82) is 0 Å². The van der Waals surface area contributed by atoms with Crippen LogP contribution in [0.1, 0.15) is 53.7 Å². The van der Waals surface area contributed by atoms with Gasteiger partial charge in [-0.15, -0.1) is 0 Å². The molecular formula is C27H32N6O2. The van der Waals surface area contributed by atoms with Gasteiger partial charge in [-0.2, -0.15) is 0 Å². The third-order valence-corrected chi connectivity index (χ3v) is 6.77. The molecule has 2 aromatic rings. The van der Waals surface area contributed by atoms with Crippen molar-refractivity contribution in [2.45, 2.75) is 44.6 Å². The summed E-state index contributed by atoms with van der Waals surface area (Å²) in [6.45, 7) is 4.26. The molecule has 1 aromatic carbocycles. The van der Waals surface area contributed by atoms with Crippen molar-refractivity contribution < 1.29 is 9.59 Å². The minimum atomic E-state index is -0.0606.